The van der Waals surface area contributed by atoms with Gasteiger partial charge in [0.05, 0.1) is 39.5 Å². The van der Waals surface area contributed by atoms with Crippen molar-refractivity contribution in [2.24, 2.45) is 0 Å². The number of hydrogen-bond acceptors (Lipinski definition) is 6. The molecule has 0 atom stereocenters. The molecule has 0 aliphatic rings. The number of esters is 1. The zero-order valence-electron chi connectivity index (χ0n) is 25.4. The third kappa shape index (κ3) is 6.63. The van der Waals surface area contributed by atoms with Crippen molar-refractivity contribution in [3.05, 3.63) is 95.3 Å². The number of alkyl halides is 3. The lowest BCUT2D eigenvalue weighted by molar-refractivity contribution is -0.137. The Labute approximate surface area is 270 Å². The number of ether oxygens (including phenoxy) is 2. The smallest absolute Gasteiger partial charge is 0.416 e. The lowest BCUT2D eigenvalue weighted by Crippen LogP contribution is -2.22. The van der Waals surface area contributed by atoms with E-state index in [1.807, 2.05) is 0 Å². The minimum absolute atomic E-state index is 0.0363. The minimum Gasteiger partial charge on any atom is -0.465 e. The molecule has 5 aromatic rings. The molecule has 3 aromatic heterocycles. The summed E-state index contributed by atoms with van der Waals surface area (Å²) in [4.78, 5) is 17.6. The summed E-state index contributed by atoms with van der Waals surface area (Å²) in [7, 11) is -4.29. The van der Waals surface area contributed by atoms with E-state index in [4.69, 9.17) is 21.1 Å². The van der Waals surface area contributed by atoms with Crippen LogP contribution in [0.25, 0.3) is 33.5 Å². The Morgan fingerprint density at radius 1 is 1.00 bits per heavy atom. The summed E-state index contributed by atoms with van der Waals surface area (Å²) < 4.78 is 81.5. The van der Waals surface area contributed by atoms with Gasteiger partial charge < -0.3 is 14.0 Å². The molecule has 0 saturated carbocycles. The van der Waals surface area contributed by atoms with Gasteiger partial charge in [0.2, 0.25) is 0 Å². The third-order valence-corrected chi connectivity index (χ3v) is 11.1. The number of carbonyl (C=O) groups excluding carboxylic acids is 1. The van der Waals surface area contributed by atoms with Gasteiger partial charge in [-0.05, 0) is 48.5 Å². The molecule has 5 rings (SSSR count). The van der Waals surface area contributed by atoms with Crippen molar-refractivity contribution < 1.29 is 35.9 Å². The number of nitrogens with zero attached hydrogens (tertiary/aromatic N) is 3. The number of hydrogen-bond donors (Lipinski definition) is 0. The highest BCUT2D eigenvalue weighted by Gasteiger charge is 2.33. The van der Waals surface area contributed by atoms with Crippen LogP contribution >= 0.6 is 11.6 Å². The lowest BCUT2D eigenvalue weighted by Gasteiger charge is -2.19. The number of rotatable bonds is 10. The van der Waals surface area contributed by atoms with Gasteiger partial charge >= 0.3 is 12.1 Å². The van der Waals surface area contributed by atoms with Crippen LogP contribution in [0.5, 0.6) is 0 Å². The number of methoxy groups -OCH3 is 1. The van der Waals surface area contributed by atoms with Crippen molar-refractivity contribution in [2.75, 3.05) is 13.7 Å². The number of carbonyl (C=O) groups is 1. The Kier molecular flexibility index (Phi) is 9.24. The molecule has 14 heteroatoms. The van der Waals surface area contributed by atoms with Crippen LogP contribution in [0.1, 0.15) is 15.9 Å². The second kappa shape index (κ2) is 12.7. The zero-order valence-corrected chi connectivity index (χ0v) is 28.0. The molecule has 46 heavy (non-hydrogen) atoms. The fourth-order valence-electron chi connectivity index (χ4n) is 5.02. The molecule has 0 amide bonds. The number of halogens is 4. The van der Waals surface area contributed by atoms with Crippen molar-refractivity contribution in [3.8, 4) is 22.5 Å². The first-order valence-electron chi connectivity index (χ1n) is 14.2. The molecule has 0 unspecified atom stereocenters. The van der Waals surface area contributed by atoms with Crippen molar-refractivity contribution >= 4 is 46.7 Å². The van der Waals surface area contributed by atoms with Crippen LogP contribution in [0.15, 0.2) is 84.0 Å². The molecule has 2 aromatic carbocycles. The lowest BCUT2D eigenvalue weighted by atomic mass is 10.0. The third-order valence-electron chi connectivity index (χ3n) is 7.40. The van der Waals surface area contributed by atoms with E-state index in [-0.39, 0.29) is 39.1 Å². The number of aromatic nitrogens is 3. The molecule has 0 saturated heterocycles. The Morgan fingerprint density at radius 3 is 2.35 bits per heavy atom. The average Bonchev–Trinajstić information content (AvgIpc) is 3.61. The van der Waals surface area contributed by atoms with Crippen LogP contribution in [-0.2, 0) is 32.4 Å². The summed E-state index contributed by atoms with van der Waals surface area (Å²) in [6, 6.07) is 16.5. The van der Waals surface area contributed by atoms with E-state index in [0.717, 1.165) is 22.1 Å². The predicted octanol–water partition coefficient (Wildman–Crippen LogP) is 8.18. The van der Waals surface area contributed by atoms with Crippen molar-refractivity contribution in [1.82, 2.24) is 13.5 Å². The van der Waals surface area contributed by atoms with Crippen molar-refractivity contribution in [2.45, 2.75) is 43.5 Å². The molecule has 0 fully saturated rings. The van der Waals surface area contributed by atoms with E-state index in [9.17, 15) is 26.4 Å². The second-order valence-corrected chi connectivity index (χ2v) is 19.6. The maximum atomic E-state index is 13.5. The fourth-order valence-corrected chi connectivity index (χ4v) is 7.37. The predicted molar refractivity (Wildman–Crippen MR) is 173 cm³/mol. The summed E-state index contributed by atoms with van der Waals surface area (Å²) in [6.45, 7) is 6.90. The maximum absolute atomic E-state index is 13.5. The molecule has 0 aliphatic heterocycles. The van der Waals surface area contributed by atoms with Gasteiger partial charge in [-0.25, -0.2) is 22.2 Å². The Morgan fingerprint density at radius 2 is 1.72 bits per heavy atom. The van der Waals surface area contributed by atoms with Crippen LogP contribution in [0.2, 0.25) is 30.7 Å². The van der Waals surface area contributed by atoms with Crippen LogP contribution in [0.3, 0.4) is 0 Å². The van der Waals surface area contributed by atoms with Gasteiger partial charge in [0, 0.05) is 43.6 Å². The van der Waals surface area contributed by atoms with E-state index in [0.29, 0.717) is 23.3 Å². The Bertz CT molecular complexity index is 2020. The van der Waals surface area contributed by atoms with Gasteiger partial charge in [0.15, 0.2) is 5.65 Å². The van der Waals surface area contributed by atoms with Gasteiger partial charge in [-0.15, -0.1) is 0 Å². The molecule has 0 radical (unpaired) electrons. The van der Waals surface area contributed by atoms with Crippen LogP contribution in [0, 0.1) is 0 Å². The van der Waals surface area contributed by atoms with Crippen molar-refractivity contribution in [1.29, 1.82) is 0 Å². The summed E-state index contributed by atoms with van der Waals surface area (Å²) in [5.41, 5.74) is 0.500. The highest BCUT2D eigenvalue weighted by molar-refractivity contribution is 7.90. The molecule has 0 aliphatic carbocycles. The molecule has 8 nitrogen and oxygen atoms in total. The first-order chi connectivity index (χ1) is 21.6. The largest absolute Gasteiger partial charge is 0.465 e. The van der Waals surface area contributed by atoms with Crippen molar-refractivity contribution in [3.63, 3.8) is 0 Å². The Hall–Kier alpha value is -3.91. The first-order valence-corrected chi connectivity index (χ1v) is 19.7. The second-order valence-electron chi connectivity index (χ2n) is 11.8. The number of benzene rings is 2. The summed E-state index contributed by atoms with van der Waals surface area (Å²) in [5, 5.41) is 0.220. The quantitative estimate of drug-likeness (QED) is 0.0835. The minimum atomic E-state index is -4.63. The number of pyridine rings is 1. The molecular weight excluding hydrogens is 659 g/mol. The monoisotopic (exact) mass is 689 g/mol. The molecule has 0 bridgehead atoms. The van der Waals surface area contributed by atoms with Gasteiger partial charge in [0.25, 0.3) is 10.0 Å². The molecule has 242 valence electrons. The highest BCUT2D eigenvalue weighted by Crippen LogP contribution is 2.41. The van der Waals surface area contributed by atoms with E-state index in [1.165, 1.54) is 43.8 Å². The first kappa shape index (κ1) is 33.5. The zero-order chi connectivity index (χ0) is 33.4. The van der Waals surface area contributed by atoms with Crippen LogP contribution < -0.4 is 0 Å². The van der Waals surface area contributed by atoms with E-state index < -0.39 is 35.8 Å². The van der Waals surface area contributed by atoms with Crippen LogP contribution in [0.4, 0.5) is 13.2 Å². The Balaban J connectivity index is 1.74. The van der Waals surface area contributed by atoms with E-state index in [1.54, 1.807) is 34.9 Å². The molecule has 0 spiro atoms. The summed E-state index contributed by atoms with van der Waals surface area (Å²) in [6.07, 6.45) is -1.78. The summed E-state index contributed by atoms with van der Waals surface area (Å²) in [5.74, 6) is -0.748. The topological polar surface area (TPSA) is 92.4 Å². The van der Waals surface area contributed by atoms with E-state index in [2.05, 4.69) is 24.6 Å². The SMILES string of the molecule is COC(=O)c1cc(-c2ccnc3c2ccn3S(=O)(=O)c2ccccc2)n(COCC[Si](C)(C)C)c1-c1ccc(C(F)(F)F)cc1Cl. The molecular formula is C32H31ClF3N3O5SSi. The number of fused-ring (bicyclic) bond motifs is 1. The van der Waals surface area contributed by atoms with Gasteiger partial charge in [0.1, 0.15) is 6.73 Å². The van der Waals surface area contributed by atoms with Gasteiger partial charge in [-0.1, -0.05) is 55.5 Å². The van der Waals surface area contributed by atoms with Crippen LogP contribution in [-0.4, -0.2) is 49.7 Å². The standard InChI is InChI=1S/C32H31ClF3N3O5SSi/c1-43-31(40)26-19-28(23-12-14-37-30-24(23)13-15-39(30)45(41,42)22-8-6-5-7-9-22)38(20-44-16-17-46(2,3)4)29(26)25-11-10-21(18-27(25)33)32(34,35)36/h5-15,18-19H,16-17,20H2,1-4H3. The average molecular weight is 690 g/mol. The maximum Gasteiger partial charge on any atom is 0.416 e. The fraction of sp³-hybridized carbons (Fsp3) is 0.250. The molecule has 0 N–H and O–H groups in total. The normalized spacial score (nSPS) is 12.5. The van der Waals surface area contributed by atoms with Gasteiger partial charge in [-0.3, -0.25) is 0 Å². The highest BCUT2D eigenvalue weighted by atomic mass is 35.5. The van der Waals surface area contributed by atoms with E-state index >= 15 is 0 Å². The van der Waals surface area contributed by atoms with Gasteiger partial charge in [-0.2, -0.15) is 13.2 Å². The molecule has 3 heterocycles. The summed E-state index contributed by atoms with van der Waals surface area (Å²) >= 11 is 6.46.